The van der Waals surface area contributed by atoms with Gasteiger partial charge in [0.2, 0.25) is 5.91 Å². The molecule has 1 aliphatic rings. The van der Waals surface area contributed by atoms with Crippen molar-refractivity contribution in [1.82, 2.24) is 0 Å². The molecule has 31 heavy (non-hydrogen) atoms. The van der Waals surface area contributed by atoms with Gasteiger partial charge in [-0.25, -0.2) is 4.79 Å². The number of rotatable bonds is 8. The first kappa shape index (κ1) is 22.9. The van der Waals surface area contributed by atoms with E-state index in [4.69, 9.17) is 14.2 Å². The Bertz CT molecular complexity index is 979. The molecule has 0 radical (unpaired) electrons. The number of benzene rings is 1. The van der Waals surface area contributed by atoms with Crippen LogP contribution in [0.15, 0.2) is 24.3 Å². The average Bonchev–Trinajstić information content (AvgIpc) is 3.12. The lowest BCUT2D eigenvalue weighted by Crippen LogP contribution is -2.15. The second kappa shape index (κ2) is 10.5. The molecule has 0 saturated heterocycles. The highest BCUT2D eigenvalue weighted by atomic mass is 32.1. The Kier molecular flexibility index (Phi) is 7.74. The quantitative estimate of drug-likeness (QED) is 0.435. The summed E-state index contributed by atoms with van der Waals surface area (Å²) in [5.41, 5.74) is 2.35. The van der Waals surface area contributed by atoms with Crippen LogP contribution in [-0.2, 0) is 16.0 Å². The molecule has 0 aliphatic heterocycles. The molecule has 1 N–H and O–H groups in total. The first-order chi connectivity index (χ1) is 15.0. The van der Waals surface area contributed by atoms with Gasteiger partial charge >= 0.3 is 5.97 Å². The van der Waals surface area contributed by atoms with Crippen molar-refractivity contribution in [3.8, 4) is 11.5 Å². The van der Waals surface area contributed by atoms with Crippen LogP contribution >= 0.6 is 11.3 Å². The summed E-state index contributed by atoms with van der Waals surface area (Å²) in [6, 6.07) is 5.48. The largest absolute Gasteiger partial charge is 0.493 e. The fourth-order valence-corrected chi connectivity index (χ4v) is 5.15. The fraction of sp³-hybridized carbons (Fsp3) is 0.417. The molecular weight excluding hydrogens is 414 g/mol. The normalized spacial score (nSPS) is 15.4. The fourth-order valence-electron chi connectivity index (χ4n) is 3.79. The smallest absolute Gasteiger partial charge is 0.341 e. The topological polar surface area (TPSA) is 73.9 Å². The number of fused-ring (bicyclic) bond motifs is 1. The molecule has 3 rings (SSSR count). The zero-order valence-corrected chi connectivity index (χ0v) is 19.3. The zero-order chi connectivity index (χ0) is 22.4. The molecule has 0 spiro atoms. The van der Waals surface area contributed by atoms with Crippen LogP contribution in [0.5, 0.6) is 11.5 Å². The molecular formula is C24H29NO5S. The summed E-state index contributed by atoms with van der Waals surface area (Å²) < 4.78 is 16.2. The summed E-state index contributed by atoms with van der Waals surface area (Å²) in [7, 11) is 1.58. The number of hydrogen-bond acceptors (Lipinski definition) is 6. The summed E-state index contributed by atoms with van der Waals surface area (Å²) >= 11 is 1.48. The molecule has 1 unspecified atom stereocenters. The van der Waals surface area contributed by atoms with Gasteiger partial charge in [-0.05, 0) is 68.4 Å². The molecule has 2 aromatic rings. The Labute approximate surface area is 187 Å². The van der Waals surface area contributed by atoms with Crippen molar-refractivity contribution in [1.29, 1.82) is 0 Å². The molecule has 1 heterocycles. The third-order valence-corrected chi connectivity index (χ3v) is 6.37. The van der Waals surface area contributed by atoms with Crippen molar-refractivity contribution in [2.45, 2.75) is 46.0 Å². The van der Waals surface area contributed by atoms with Crippen LogP contribution in [0.3, 0.4) is 0 Å². The van der Waals surface area contributed by atoms with E-state index in [9.17, 15) is 9.59 Å². The minimum Gasteiger partial charge on any atom is -0.493 e. The molecule has 0 saturated carbocycles. The summed E-state index contributed by atoms with van der Waals surface area (Å²) in [5, 5.41) is 3.46. The summed E-state index contributed by atoms with van der Waals surface area (Å²) in [6.07, 6.45) is 6.20. The molecule has 1 amide bonds. The van der Waals surface area contributed by atoms with Crippen molar-refractivity contribution in [2.75, 3.05) is 25.6 Å². The first-order valence-corrected chi connectivity index (χ1v) is 11.4. The number of anilines is 1. The molecule has 1 aliphatic carbocycles. The summed E-state index contributed by atoms with van der Waals surface area (Å²) in [5.74, 6) is 0.865. The third-order valence-electron chi connectivity index (χ3n) is 5.19. The number of aryl methyl sites for hydroxylation is 1. The second-order valence-corrected chi connectivity index (χ2v) is 8.43. The molecule has 0 fully saturated rings. The average molecular weight is 444 g/mol. The van der Waals surface area contributed by atoms with E-state index in [1.807, 2.05) is 25.1 Å². The highest BCUT2D eigenvalue weighted by molar-refractivity contribution is 7.17. The Morgan fingerprint density at radius 1 is 1.23 bits per heavy atom. The summed E-state index contributed by atoms with van der Waals surface area (Å²) in [4.78, 5) is 26.5. The number of carbonyl (C=O) groups is 2. The van der Waals surface area contributed by atoms with E-state index in [1.54, 1.807) is 20.1 Å². The monoisotopic (exact) mass is 443 g/mol. The Hall–Kier alpha value is -2.80. The number of thiophene rings is 1. The number of esters is 1. The second-order valence-electron chi connectivity index (χ2n) is 7.32. The van der Waals surface area contributed by atoms with Gasteiger partial charge in [0.25, 0.3) is 0 Å². The Morgan fingerprint density at radius 3 is 2.74 bits per heavy atom. The van der Waals surface area contributed by atoms with Crippen LogP contribution in [0, 0.1) is 0 Å². The van der Waals surface area contributed by atoms with Gasteiger partial charge in [0.15, 0.2) is 11.5 Å². The van der Waals surface area contributed by atoms with Gasteiger partial charge in [-0.2, -0.15) is 0 Å². The lowest BCUT2D eigenvalue weighted by atomic mass is 9.86. The Balaban J connectivity index is 1.81. The number of methoxy groups -OCH3 is 1. The van der Waals surface area contributed by atoms with Crippen LogP contribution in [0.2, 0.25) is 0 Å². The highest BCUT2D eigenvalue weighted by Crippen LogP contribution is 2.43. The van der Waals surface area contributed by atoms with Gasteiger partial charge in [0.05, 0.1) is 25.9 Å². The first-order valence-electron chi connectivity index (χ1n) is 10.6. The van der Waals surface area contributed by atoms with E-state index in [0.29, 0.717) is 35.3 Å². The molecule has 166 valence electrons. The highest BCUT2D eigenvalue weighted by Gasteiger charge is 2.30. The standard InChI is InChI=1S/C24H29NO5S/c1-5-29-17-12-10-16(14-18(17)28-4)11-13-20(26)25-23-22(24(27)30-6-2)21-15(3)8-7-9-19(21)31-23/h10-15H,5-9H2,1-4H3,(H,25,26)/b13-11+. The molecule has 7 heteroatoms. The molecule has 1 aromatic heterocycles. The van der Waals surface area contributed by atoms with Crippen molar-refractivity contribution < 1.29 is 23.8 Å². The van der Waals surface area contributed by atoms with Gasteiger partial charge in [-0.3, -0.25) is 4.79 Å². The third kappa shape index (κ3) is 5.28. The van der Waals surface area contributed by atoms with E-state index in [0.717, 1.165) is 35.3 Å². The Morgan fingerprint density at radius 2 is 2.03 bits per heavy atom. The summed E-state index contributed by atoms with van der Waals surface area (Å²) in [6.45, 7) is 6.65. The molecule has 0 bridgehead atoms. The van der Waals surface area contributed by atoms with Crippen LogP contribution in [0.1, 0.15) is 65.9 Å². The van der Waals surface area contributed by atoms with Gasteiger partial charge in [-0.1, -0.05) is 13.0 Å². The molecule has 1 atom stereocenters. The van der Waals surface area contributed by atoms with E-state index < -0.39 is 0 Å². The van der Waals surface area contributed by atoms with E-state index in [-0.39, 0.29) is 17.8 Å². The zero-order valence-electron chi connectivity index (χ0n) is 18.4. The van der Waals surface area contributed by atoms with Crippen molar-refractivity contribution in [3.05, 3.63) is 45.8 Å². The number of ether oxygens (including phenoxy) is 3. The minimum atomic E-state index is -0.371. The van der Waals surface area contributed by atoms with Crippen molar-refractivity contribution in [3.63, 3.8) is 0 Å². The maximum absolute atomic E-state index is 12.7. The molecule has 1 aromatic carbocycles. The van der Waals surface area contributed by atoms with Gasteiger partial charge in [0, 0.05) is 11.0 Å². The SMILES string of the molecule is CCOC(=O)c1c(NC(=O)/C=C/c2ccc(OCC)c(OC)c2)sc2c1C(C)CCC2. The van der Waals surface area contributed by atoms with Crippen molar-refractivity contribution in [2.24, 2.45) is 0 Å². The predicted octanol–water partition coefficient (Wildman–Crippen LogP) is 5.42. The van der Waals surface area contributed by atoms with Crippen molar-refractivity contribution >= 4 is 34.3 Å². The molecule has 6 nitrogen and oxygen atoms in total. The van der Waals surface area contributed by atoms with Crippen LogP contribution in [0.25, 0.3) is 6.08 Å². The number of amides is 1. The lowest BCUT2D eigenvalue weighted by molar-refractivity contribution is -0.111. The van der Waals surface area contributed by atoms with Crippen LogP contribution < -0.4 is 14.8 Å². The van der Waals surface area contributed by atoms with Crippen LogP contribution in [0.4, 0.5) is 5.00 Å². The minimum absolute atomic E-state index is 0.275. The lowest BCUT2D eigenvalue weighted by Gasteiger charge is -2.19. The maximum atomic E-state index is 12.7. The number of carbonyl (C=O) groups excluding carboxylic acids is 2. The van der Waals surface area contributed by atoms with Gasteiger partial charge in [-0.15, -0.1) is 11.3 Å². The van der Waals surface area contributed by atoms with Gasteiger partial charge in [0.1, 0.15) is 5.00 Å². The van der Waals surface area contributed by atoms with Crippen LogP contribution in [-0.4, -0.2) is 32.2 Å². The number of nitrogens with one attached hydrogen (secondary N) is 1. The predicted molar refractivity (Wildman–Crippen MR) is 123 cm³/mol. The number of hydrogen-bond donors (Lipinski definition) is 1. The van der Waals surface area contributed by atoms with Gasteiger partial charge < -0.3 is 19.5 Å². The van der Waals surface area contributed by atoms with E-state index >= 15 is 0 Å². The maximum Gasteiger partial charge on any atom is 0.341 e. The van der Waals surface area contributed by atoms with E-state index in [1.165, 1.54) is 17.4 Å². The van der Waals surface area contributed by atoms with E-state index in [2.05, 4.69) is 12.2 Å².